The Labute approximate surface area is 131 Å². The fourth-order valence-corrected chi connectivity index (χ4v) is 2.37. The minimum absolute atomic E-state index is 0.211. The number of amides is 1. The van der Waals surface area contributed by atoms with Crippen molar-refractivity contribution in [3.63, 3.8) is 0 Å². The lowest BCUT2D eigenvalue weighted by Crippen LogP contribution is -2.52. The molecule has 0 atom stereocenters. The number of halogens is 1. The molecule has 2 rings (SSSR count). The summed E-state index contributed by atoms with van der Waals surface area (Å²) in [6.45, 7) is 6.42. The van der Waals surface area contributed by atoms with Gasteiger partial charge in [0.05, 0.1) is 0 Å². The van der Waals surface area contributed by atoms with Crippen molar-refractivity contribution in [1.29, 1.82) is 0 Å². The largest absolute Gasteiger partial charge is 0.444 e. The lowest BCUT2D eigenvalue weighted by Gasteiger charge is -2.36. The fraction of sp³-hybridized carbons (Fsp3) is 0.562. The van der Waals surface area contributed by atoms with Crippen LogP contribution in [0.1, 0.15) is 39.2 Å². The molecule has 1 fully saturated rings. The van der Waals surface area contributed by atoms with Gasteiger partial charge in [-0.25, -0.2) is 4.79 Å². The summed E-state index contributed by atoms with van der Waals surface area (Å²) < 4.78 is 5.24. The van der Waals surface area contributed by atoms with Crippen LogP contribution >= 0.6 is 11.6 Å². The molecule has 1 aromatic carbocycles. The molecule has 0 heterocycles. The average Bonchev–Trinajstić information content (AvgIpc) is 2.31. The molecular formula is C16H23ClN2O2. The number of rotatable bonds is 4. The Morgan fingerprint density at radius 3 is 2.43 bits per heavy atom. The van der Waals surface area contributed by atoms with E-state index in [2.05, 4.69) is 10.6 Å². The number of hydrogen-bond acceptors (Lipinski definition) is 3. The summed E-state index contributed by atoms with van der Waals surface area (Å²) in [6.07, 6.45) is 1.54. The second kappa shape index (κ2) is 6.67. The van der Waals surface area contributed by atoms with E-state index in [9.17, 15) is 4.79 Å². The molecule has 116 valence electrons. The van der Waals surface area contributed by atoms with Crippen molar-refractivity contribution in [3.05, 3.63) is 34.9 Å². The molecule has 4 nitrogen and oxygen atoms in total. The molecule has 5 heteroatoms. The average molecular weight is 311 g/mol. The summed E-state index contributed by atoms with van der Waals surface area (Å²) in [7, 11) is 0. The number of ether oxygens (including phenoxy) is 1. The van der Waals surface area contributed by atoms with Crippen molar-refractivity contribution in [1.82, 2.24) is 10.6 Å². The van der Waals surface area contributed by atoms with Crippen LogP contribution in [0.2, 0.25) is 5.02 Å². The van der Waals surface area contributed by atoms with E-state index in [1.165, 1.54) is 5.56 Å². The van der Waals surface area contributed by atoms with E-state index in [4.69, 9.17) is 16.3 Å². The summed E-state index contributed by atoms with van der Waals surface area (Å²) >= 11 is 5.85. The molecule has 1 aliphatic rings. The van der Waals surface area contributed by atoms with Crippen LogP contribution in [0.5, 0.6) is 0 Å². The van der Waals surface area contributed by atoms with Gasteiger partial charge in [0.15, 0.2) is 0 Å². The van der Waals surface area contributed by atoms with E-state index < -0.39 is 5.60 Å². The Hall–Kier alpha value is -1.26. The number of carbonyl (C=O) groups excluding carboxylic acids is 1. The highest BCUT2D eigenvalue weighted by Crippen LogP contribution is 2.21. The Bertz CT molecular complexity index is 476. The third-order valence-corrected chi connectivity index (χ3v) is 3.62. The SMILES string of the molecule is CC(C)(C)OC(=O)NC1CC(NCc2ccc(Cl)cc2)C1. The first-order valence-electron chi connectivity index (χ1n) is 7.29. The van der Waals surface area contributed by atoms with Gasteiger partial charge in [0.1, 0.15) is 5.60 Å². The molecule has 0 bridgehead atoms. The molecule has 0 aromatic heterocycles. The van der Waals surface area contributed by atoms with E-state index in [1.807, 2.05) is 45.0 Å². The molecule has 0 radical (unpaired) electrons. The van der Waals surface area contributed by atoms with Crippen molar-refractivity contribution >= 4 is 17.7 Å². The monoisotopic (exact) mass is 310 g/mol. The van der Waals surface area contributed by atoms with Gasteiger partial charge >= 0.3 is 6.09 Å². The Morgan fingerprint density at radius 1 is 1.24 bits per heavy atom. The molecule has 21 heavy (non-hydrogen) atoms. The summed E-state index contributed by atoms with van der Waals surface area (Å²) in [4.78, 5) is 11.6. The number of alkyl carbamates (subject to hydrolysis) is 1. The van der Waals surface area contributed by atoms with Gasteiger partial charge in [-0.15, -0.1) is 0 Å². The van der Waals surface area contributed by atoms with Crippen LogP contribution in [0.3, 0.4) is 0 Å². The second-order valence-corrected chi connectivity index (χ2v) is 6.96. The maximum absolute atomic E-state index is 11.6. The molecule has 0 aliphatic heterocycles. The lowest BCUT2D eigenvalue weighted by atomic mass is 9.87. The molecular weight excluding hydrogens is 288 g/mol. The van der Waals surface area contributed by atoms with Gasteiger partial charge in [-0.2, -0.15) is 0 Å². The number of carbonyl (C=O) groups is 1. The maximum atomic E-state index is 11.6. The highest BCUT2D eigenvalue weighted by Gasteiger charge is 2.31. The summed E-state index contributed by atoms with van der Waals surface area (Å²) in [5.41, 5.74) is 0.767. The minimum Gasteiger partial charge on any atom is -0.444 e. The van der Waals surface area contributed by atoms with Crippen LogP contribution in [0.15, 0.2) is 24.3 Å². The first-order valence-corrected chi connectivity index (χ1v) is 7.67. The first-order chi connectivity index (χ1) is 9.82. The quantitative estimate of drug-likeness (QED) is 0.895. The predicted octanol–water partition coefficient (Wildman–Crippen LogP) is 3.49. The predicted molar refractivity (Wildman–Crippen MR) is 84.5 cm³/mol. The zero-order chi connectivity index (χ0) is 15.5. The molecule has 0 spiro atoms. The smallest absolute Gasteiger partial charge is 0.407 e. The Balaban J connectivity index is 1.63. The number of benzene rings is 1. The van der Waals surface area contributed by atoms with E-state index in [1.54, 1.807) is 0 Å². The molecule has 0 unspecified atom stereocenters. The van der Waals surface area contributed by atoms with Crippen LogP contribution < -0.4 is 10.6 Å². The van der Waals surface area contributed by atoms with Gasteiger partial charge in [-0.1, -0.05) is 23.7 Å². The fourth-order valence-electron chi connectivity index (χ4n) is 2.24. The zero-order valence-corrected chi connectivity index (χ0v) is 13.5. The van der Waals surface area contributed by atoms with Crippen molar-refractivity contribution < 1.29 is 9.53 Å². The van der Waals surface area contributed by atoms with E-state index in [0.717, 1.165) is 24.4 Å². The third kappa shape index (κ3) is 5.56. The minimum atomic E-state index is -0.444. The summed E-state index contributed by atoms with van der Waals surface area (Å²) in [5, 5.41) is 7.11. The maximum Gasteiger partial charge on any atom is 0.407 e. The van der Waals surface area contributed by atoms with Crippen molar-refractivity contribution in [2.75, 3.05) is 0 Å². The third-order valence-electron chi connectivity index (χ3n) is 3.37. The van der Waals surface area contributed by atoms with Crippen molar-refractivity contribution in [2.24, 2.45) is 0 Å². The van der Waals surface area contributed by atoms with Gasteiger partial charge < -0.3 is 15.4 Å². The van der Waals surface area contributed by atoms with E-state index >= 15 is 0 Å². The van der Waals surface area contributed by atoms with E-state index in [0.29, 0.717) is 6.04 Å². The number of hydrogen-bond donors (Lipinski definition) is 2. The highest BCUT2D eigenvalue weighted by atomic mass is 35.5. The lowest BCUT2D eigenvalue weighted by molar-refractivity contribution is 0.0465. The molecule has 0 saturated heterocycles. The van der Waals surface area contributed by atoms with Crippen molar-refractivity contribution in [3.8, 4) is 0 Å². The van der Waals surface area contributed by atoms with Gasteiger partial charge in [-0.3, -0.25) is 0 Å². The summed E-state index contributed by atoms with van der Waals surface area (Å²) in [5.74, 6) is 0. The van der Waals surface area contributed by atoms with Crippen molar-refractivity contribution in [2.45, 2.75) is 57.8 Å². The Kier molecular flexibility index (Phi) is 5.12. The standard InChI is InChI=1S/C16H23ClN2O2/c1-16(2,3)21-15(20)19-14-8-13(9-14)18-10-11-4-6-12(17)7-5-11/h4-7,13-14,18H,8-10H2,1-3H3,(H,19,20). The first kappa shape index (κ1) is 16.1. The van der Waals surface area contributed by atoms with Crippen LogP contribution in [-0.2, 0) is 11.3 Å². The number of nitrogens with one attached hydrogen (secondary N) is 2. The summed E-state index contributed by atoms with van der Waals surface area (Å²) in [6, 6.07) is 8.48. The van der Waals surface area contributed by atoms with Gasteiger partial charge in [-0.05, 0) is 51.3 Å². The molecule has 1 amide bonds. The van der Waals surface area contributed by atoms with Gasteiger partial charge in [0, 0.05) is 23.7 Å². The molecule has 1 aliphatic carbocycles. The van der Waals surface area contributed by atoms with Crippen LogP contribution in [0.25, 0.3) is 0 Å². The molecule has 1 saturated carbocycles. The Morgan fingerprint density at radius 2 is 1.86 bits per heavy atom. The second-order valence-electron chi connectivity index (χ2n) is 6.52. The highest BCUT2D eigenvalue weighted by molar-refractivity contribution is 6.30. The molecule has 1 aromatic rings. The van der Waals surface area contributed by atoms with Crippen LogP contribution in [0, 0.1) is 0 Å². The topological polar surface area (TPSA) is 50.4 Å². The van der Waals surface area contributed by atoms with Gasteiger partial charge in [0.25, 0.3) is 0 Å². The zero-order valence-electron chi connectivity index (χ0n) is 12.8. The van der Waals surface area contributed by atoms with Crippen LogP contribution in [-0.4, -0.2) is 23.8 Å². The molecule has 2 N–H and O–H groups in total. The van der Waals surface area contributed by atoms with Crippen LogP contribution in [0.4, 0.5) is 4.79 Å². The van der Waals surface area contributed by atoms with Gasteiger partial charge in [0.2, 0.25) is 0 Å². The normalized spacial score (nSPS) is 21.5. The van der Waals surface area contributed by atoms with E-state index in [-0.39, 0.29) is 12.1 Å².